The van der Waals surface area contributed by atoms with Crippen molar-refractivity contribution in [3.05, 3.63) is 10.2 Å². The number of halogens is 1. The van der Waals surface area contributed by atoms with Crippen LogP contribution in [0.4, 0.5) is 4.79 Å². The first-order chi connectivity index (χ1) is 10.0. The minimum Gasteiger partial charge on any atom is -0.472 e. The van der Waals surface area contributed by atoms with Crippen molar-refractivity contribution in [1.82, 2.24) is 14.7 Å². The van der Waals surface area contributed by atoms with Gasteiger partial charge in [-0.25, -0.2) is 9.48 Å². The third kappa shape index (κ3) is 5.19. The van der Waals surface area contributed by atoms with Crippen molar-refractivity contribution in [3.63, 3.8) is 0 Å². The lowest BCUT2D eigenvalue weighted by atomic mass is 10.2. The fourth-order valence-corrected chi connectivity index (χ4v) is 2.37. The molecule has 1 amide bonds. The first-order valence-corrected chi connectivity index (χ1v) is 8.18. The van der Waals surface area contributed by atoms with Gasteiger partial charge >= 0.3 is 6.09 Å². The Morgan fingerprint density at radius 1 is 1.45 bits per heavy atom. The third-order valence-electron chi connectivity index (χ3n) is 2.92. The molecule has 0 N–H and O–H groups in total. The lowest BCUT2D eigenvalue weighted by Crippen LogP contribution is -2.41. The van der Waals surface area contributed by atoms with Gasteiger partial charge in [0.25, 0.3) is 0 Å². The zero-order valence-electron chi connectivity index (χ0n) is 14.4. The molecule has 1 heterocycles. The molecule has 1 aromatic heterocycles. The second kappa shape index (κ2) is 7.35. The minimum atomic E-state index is -0.503. The number of nitrogens with zero attached hydrogens (tertiary/aromatic N) is 3. The number of aryl methyl sites for hydroxylation is 2. The summed E-state index contributed by atoms with van der Waals surface area (Å²) in [6, 6.07) is 0. The number of amides is 1. The summed E-state index contributed by atoms with van der Waals surface area (Å²) in [5, 5.41) is 4.29. The van der Waals surface area contributed by atoms with Gasteiger partial charge in [0.05, 0.1) is 12.2 Å². The molecule has 1 rings (SSSR count). The Labute approximate surface area is 140 Å². The van der Waals surface area contributed by atoms with Gasteiger partial charge in [0.15, 0.2) is 0 Å². The molecular formula is C15H26BrN3O3. The molecule has 22 heavy (non-hydrogen) atoms. The van der Waals surface area contributed by atoms with E-state index < -0.39 is 5.60 Å². The fourth-order valence-electron chi connectivity index (χ4n) is 1.94. The van der Waals surface area contributed by atoms with E-state index in [0.717, 1.165) is 10.2 Å². The topological polar surface area (TPSA) is 56.6 Å². The molecule has 0 saturated heterocycles. The molecule has 0 spiro atoms. The van der Waals surface area contributed by atoms with Crippen molar-refractivity contribution in [2.45, 2.75) is 53.2 Å². The summed E-state index contributed by atoms with van der Waals surface area (Å²) in [6.07, 6.45) is -0.510. The van der Waals surface area contributed by atoms with Gasteiger partial charge in [0, 0.05) is 13.6 Å². The molecule has 0 aliphatic heterocycles. The van der Waals surface area contributed by atoms with Crippen molar-refractivity contribution in [2.24, 2.45) is 7.05 Å². The third-order valence-corrected chi connectivity index (χ3v) is 3.84. The predicted molar refractivity (Wildman–Crippen MR) is 89.2 cm³/mol. The lowest BCUT2D eigenvalue weighted by molar-refractivity contribution is 0.0187. The summed E-state index contributed by atoms with van der Waals surface area (Å²) in [4.78, 5) is 13.8. The van der Waals surface area contributed by atoms with Gasteiger partial charge in [-0.3, -0.25) is 0 Å². The number of carbonyl (C=O) groups excluding carboxylic acids is 1. The smallest absolute Gasteiger partial charge is 0.410 e. The standard InChI is InChI=1S/C15H26BrN3O3/c1-8-19(14(20)22-15(4,5)6)9-10(2)21-13-12(16)11(3)17-18(13)7/h10H,8-9H2,1-7H3/t10-/m0/s1. The summed E-state index contributed by atoms with van der Waals surface area (Å²) < 4.78 is 13.8. The Hall–Kier alpha value is -1.24. The van der Waals surface area contributed by atoms with Crippen molar-refractivity contribution < 1.29 is 14.3 Å². The van der Waals surface area contributed by atoms with Crippen LogP contribution < -0.4 is 4.74 Å². The van der Waals surface area contributed by atoms with Crippen molar-refractivity contribution in [1.29, 1.82) is 0 Å². The number of aromatic nitrogens is 2. The summed E-state index contributed by atoms with van der Waals surface area (Å²) in [6.45, 7) is 12.3. The van der Waals surface area contributed by atoms with E-state index in [0.29, 0.717) is 19.0 Å². The van der Waals surface area contributed by atoms with Crippen LogP contribution in [0.3, 0.4) is 0 Å². The van der Waals surface area contributed by atoms with Crippen molar-refractivity contribution in [2.75, 3.05) is 13.1 Å². The Morgan fingerprint density at radius 3 is 2.45 bits per heavy atom. The molecular weight excluding hydrogens is 350 g/mol. The van der Waals surface area contributed by atoms with Gasteiger partial charge in [-0.1, -0.05) is 0 Å². The molecule has 0 aliphatic carbocycles. The maximum Gasteiger partial charge on any atom is 0.410 e. The van der Waals surface area contributed by atoms with E-state index in [1.54, 1.807) is 9.58 Å². The van der Waals surface area contributed by atoms with Crippen LogP contribution in [0.25, 0.3) is 0 Å². The molecule has 6 nitrogen and oxygen atoms in total. The first-order valence-electron chi connectivity index (χ1n) is 7.38. The number of ether oxygens (including phenoxy) is 2. The number of hydrogen-bond donors (Lipinski definition) is 0. The van der Waals surface area contributed by atoms with Gasteiger partial charge in [-0.2, -0.15) is 5.10 Å². The van der Waals surface area contributed by atoms with Gasteiger partial charge in [-0.15, -0.1) is 0 Å². The summed E-state index contributed by atoms with van der Waals surface area (Å²) >= 11 is 3.47. The highest BCUT2D eigenvalue weighted by Crippen LogP contribution is 2.28. The highest BCUT2D eigenvalue weighted by Gasteiger charge is 2.24. The number of rotatable bonds is 5. The molecule has 1 aromatic rings. The molecule has 0 radical (unpaired) electrons. The van der Waals surface area contributed by atoms with Crippen LogP contribution in [0, 0.1) is 6.92 Å². The van der Waals surface area contributed by atoms with E-state index in [2.05, 4.69) is 21.0 Å². The molecule has 0 aliphatic rings. The van der Waals surface area contributed by atoms with E-state index in [4.69, 9.17) is 9.47 Å². The van der Waals surface area contributed by atoms with Crippen LogP contribution in [-0.4, -0.2) is 45.6 Å². The molecule has 0 saturated carbocycles. The van der Waals surface area contributed by atoms with Gasteiger partial charge < -0.3 is 14.4 Å². The minimum absolute atomic E-state index is 0.182. The van der Waals surface area contributed by atoms with Crippen LogP contribution in [-0.2, 0) is 11.8 Å². The first kappa shape index (κ1) is 18.8. The summed E-state index contributed by atoms with van der Waals surface area (Å²) in [5.41, 5.74) is 0.362. The number of hydrogen-bond acceptors (Lipinski definition) is 4. The quantitative estimate of drug-likeness (QED) is 0.789. The van der Waals surface area contributed by atoms with Crippen LogP contribution >= 0.6 is 15.9 Å². The van der Waals surface area contributed by atoms with Gasteiger partial charge in [-0.05, 0) is 57.5 Å². The van der Waals surface area contributed by atoms with Crippen LogP contribution in [0.2, 0.25) is 0 Å². The zero-order chi connectivity index (χ0) is 17.1. The van der Waals surface area contributed by atoms with E-state index >= 15 is 0 Å². The lowest BCUT2D eigenvalue weighted by Gasteiger charge is -2.28. The Balaban J connectivity index is 2.69. The Morgan fingerprint density at radius 2 is 2.05 bits per heavy atom. The summed E-state index contributed by atoms with van der Waals surface area (Å²) in [5.74, 6) is 0.658. The second-order valence-electron chi connectivity index (χ2n) is 6.28. The van der Waals surface area contributed by atoms with Gasteiger partial charge in [0.1, 0.15) is 16.2 Å². The largest absolute Gasteiger partial charge is 0.472 e. The molecule has 0 aromatic carbocycles. The van der Waals surface area contributed by atoms with E-state index in [1.165, 1.54) is 0 Å². The highest BCUT2D eigenvalue weighted by atomic mass is 79.9. The second-order valence-corrected chi connectivity index (χ2v) is 7.07. The molecule has 0 unspecified atom stereocenters. The molecule has 7 heteroatoms. The maximum absolute atomic E-state index is 12.1. The van der Waals surface area contributed by atoms with E-state index in [-0.39, 0.29) is 12.2 Å². The van der Waals surface area contributed by atoms with Crippen LogP contribution in [0.15, 0.2) is 4.47 Å². The molecule has 126 valence electrons. The summed E-state index contributed by atoms with van der Waals surface area (Å²) in [7, 11) is 1.82. The number of likely N-dealkylation sites (N-methyl/N-ethyl adjacent to an activating group) is 1. The molecule has 1 atom stereocenters. The van der Waals surface area contributed by atoms with E-state index in [1.807, 2.05) is 48.6 Å². The SMILES string of the molecule is CCN(C[C@H](C)Oc1c(Br)c(C)nn1C)C(=O)OC(C)(C)C. The van der Waals surface area contributed by atoms with Crippen molar-refractivity contribution >= 4 is 22.0 Å². The molecule has 0 fully saturated rings. The average molecular weight is 376 g/mol. The van der Waals surface area contributed by atoms with E-state index in [9.17, 15) is 4.79 Å². The Bertz CT molecular complexity index is 523. The Kier molecular flexibility index (Phi) is 6.28. The molecule has 0 bridgehead atoms. The van der Waals surface area contributed by atoms with Crippen molar-refractivity contribution in [3.8, 4) is 5.88 Å². The van der Waals surface area contributed by atoms with Gasteiger partial charge in [0.2, 0.25) is 5.88 Å². The average Bonchev–Trinajstić information content (AvgIpc) is 2.60. The van der Waals surface area contributed by atoms with Crippen LogP contribution in [0.5, 0.6) is 5.88 Å². The normalized spacial score (nSPS) is 12.9. The zero-order valence-corrected chi connectivity index (χ0v) is 16.0. The highest BCUT2D eigenvalue weighted by molar-refractivity contribution is 9.10. The number of carbonyl (C=O) groups is 1. The maximum atomic E-state index is 12.1. The monoisotopic (exact) mass is 375 g/mol. The predicted octanol–water partition coefficient (Wildman–Crippen LogP) is 3.52. The fraction of sp³-hybridized carbons (Fsp3) is 0.733. The van der Waals surface area contributed by atoms with Crippen LogP contribution in [0.1, 0.15) is 40.3 Å².